The van der Waals surface area contributed by atoms with Gasteiger partial charge < -0.3 is 4.74 Å². The van der Waals surface area contributed by atoms with Crippen molar-refractivity contribution in [3.05, 3.63) is 56.5 Å². The number of halogens is 7. The van der Waals surface area contributed by atoms with Gasteiger partial charge in [0.15, 0.2) is 17.4 Å². The number of benzene rings is 2. The van der Waals surface area contributed by atoms with Crippen LogP contribution in [0.4, 0.5) is 22.0 Å². The molecule has 0 saturated carbocycles. The molecule has 8 heteroatoms. The average Bonchev–Trinajstić information content (AvgIpc) is 2.34. The fourth-order valence-electron chi connectivity index (χ4n) is 1.49. The van der Waals surface area contributed by atoms with E-state index in [0.717, 1.165) is 0 Å². The van der Waals surface area contributed by atoms with Gasteiger partial charge in [-0.2, -0.15) is 13.2 Å². The molecule has 0 spiro atoms. The van der Waals surface area contributed by atoms with Gasteiger partial charge in [-0.05, 0) is 46.3 Å². The molecule has 112 valence electrons. The third-order valence-corrected chi connectivity index (χ3v) is 3.54. The maximum atomic E-state index is 13.6. The van der Waals surface area contributed by atoms with E-state index in [1.165, 1.54) is 6.07 Å². The maximum absolute atomic E-state index is 13.6. The summed E-state index contributed by atoms with van der Waals surface area (Å²) in [6, 6.07) is 4.90. The van der Waals surface area contributed by atoms with Gasteiger partial charge in [0, 0.05) is 4.47 Å². The van der Waals surface area contributed by atoms with E-state index >= 15 is 0 Å². The van der Waals surface area contributed by atoms with E-state index in [-0.39, 0.29) is 17.9 Å². The quantitative estimate of drug-likeness (QED) is 0.507. The highest BCUT2D eigenvalue weighted by Crippen LogP contribution is 2.37. The lowest BCUT2D eigenvalue weighted by molar-refractivity contribution is -0.138. The summed E-state index contributed by atoms with van der Waals surface area (Å²) in [6.45, 7) is 0. The minimum absolute atomic E-state index is 0.0655. The van der Waals surface area contributed by atoms with Gasteiger partial charge in [-0.25, -0.2) is 8.78 Å². The Bertz CT molecular complexity index is 662. The summed E-state index contributed by atoms with van der Waals surface area (Å²) in [5, 5.41) is 0. The SMILES string of the molecule is Fc1cc(C(F)(F)F)cc(F)c1Oc1ccc(Br)cc1Br. The predicted octanol–water partition coefficient (Wildman–Crippen LogP) is 6.30. The van der Waals surface area contributed by atoms with Gasteiger partial charge in [0.05, 0.1) is 10.0 Å². The van der Waals surface area contributed by atoms with E-state index in [9.17, 15) is 22.0 Å². The molecular weight excluding hydrogens is 427 g/mol. The molecule has 0 atom stereocenters. The minimum atomic E-state index is -4.83. The molecule has 0 N–H and O–H groups in total. The Morgan fingerprint density at radius 1 is 0.905 bits per heavy atom. The first-order valence-electron chi connectivity index (χ1n) is 5.37. The summed E-state index contributed by atoms with van der Waals surface area (Å²) in [6.07, 6.45) is -4.83. The van der Waals surface area contributed by atoms with Gasteiger partial charge in [-0.1, -0.05) is 15.9 Å². The third kappa shape index (κ3) is 3.74. The topological polar surface area (TPSA) is 9.23 Å². The van der Waals surface area contributed by atoms with Crippen LogP contribution in [0.15, 0.2) is 39.3 Å². The zero-order valence-electron chi connectivity index (χ0n) is 9.94. The lowest BCUT2D eigenvalue weighted by atomic mass is 10.2. The summed E-state index contributed by atoms with van der Waals surface area (Å²) in [5.74, 6) is -3.70. The van der Waals surface area contributed by atoms with Crippen LogP contribution in [0.1, 0.15) is 5.56 Å². The van der Waals surface area contributed by atoms with Crippen molar-refractivity contribution in [1.29, 1.82) is 0 Å². The number of alkyl halides is 3. The van der Waals surface area contributed by atoms with Gasteiger partial charge in [0.25, 0.3) is 0 Å². The van der Waals surface area contributed by atoms with E-state index in [4.69, 9.17) is 4.74 Å². The summed E-state index contributed by atoms with van der Waals surface area (Å²) >= 11 is 6.30. The largest absolute Gasteiger partial charge is 0.450 e. The number of hydrogen-bond acceptors (Lipinski definition) is 1. The summed E-state index contributed by atoms with van der Waals surface area (Å²) < 4.78 is 70.7. The summed E-state index contributed by atoms with van der Waals surface area (Å²) in [5.41, 5.74) is -1.42. The molecule has 0 bridgehead atoms. The standard InChI is InChI=1S/C13H5Br2F5O/c14-7-1-2-11(8(15)5-7)21-12-9(16)3-6(4-10(12)17)13(18,19)20/h1-5H. The Labute approximate surface area is 133 Å². The number of hydrogen-bond donors (Lipinski definition) is 0. The third-order valence-electron chi connectivity index (χ3n) is 2.43. The highest BCUT2D eigenvalue weighted by Gasteiger charge is 2.33. The van der Waals surface area contributed by atoms with Crippen LogP contribution in [0.3, 0.4) is 0 Å². The van der Waals surface area contributed by atoms with Crippen molar-refractivity contribution < 1.29 is 26.7 Å². The van der Waals surface area contributed by atoms with Crippen molar-refractivity contribution in [2.75, 3.05) is 0 Å². The smallest absolute Gasteiger partial charge is 0.416 e. The predicted molar refractivity (Wildman–Crippen MR) is 73.3 cm³/mol. The van der Waals surface area contributed by atoms with E-state index in [0.29, 0.717) is 8.95 Å². The van der Waals surface area contributed by atoms with Crippen LogP contribution in [0.5, 0.6) is 11.5 Å². The molecule has 0 radical (unpaired) electrons. The first-order valence-corrected chi connectivity index (χ1v) is 6.96. The second-order valence-electron chi connectivity index (χ2n) is 3.94. The number of rotatable bonds is 2. The maximum Gasteiger partial charge on any atom is 0.416 e. The molecule has 2 aromatic rings. The fourth-order valence-corrected chi connectivity index (χ4v) is 2.62. The Kier molecular flexibility index (Phi) is 4.57. The molecule has 0 aliphatic carbocycles. The molecular formula is C13H5Br2F5O. The van der Waals surface area contributed by atoms with Crippen LogP contribution in [-0.2, 0) is 6.18 Å². The molecule has 0 fully saturated rings. The molecule has 0 aliphatic rings. The van der Waals surface area contributed by atoms with Crippen LogP contribution < -0.4 is 4.74 Å². The Balaban J connectivity index is 2.41. The zero-order valence-corrected chi connectivity index (χ0v) is 13.1. The second kappa shape index (κ2) is 5.92. The van der Waals surface area contributed by atoms with Crippen LogP contribution in [0.25, 0.3) is 0 Å². The number of ether oxygens (including phenoxy) is 1. The Morgan fingerprint density at radius 3 is 1.95 bits per heavy atom. The molecule has 0 aromatic heterocycles. The van der Waals surface area contributed by atoms with Gasteiger partial charge in [-0.15, -0.1) is 0 Å². The van der Waals surface area contributed by atoms with Crippen LogP contribution >= 0.6 is 31.9 Å². The van der Waals surface area contributed by atoms with Gasteiger partial charge in [0.2, 0.25) is 0 Å². The lowest BCUT2D eigenvalue weighted by Crippen LogP contribution is -2.07. The van der Waals surface area contributed by atoms with E-state index in [2.05, 4.69) is 31.9 Å². The Hall–Kier alpha value is -1.15. The molecule has 0 heterocycles. The molecule has 0 unspecified atom stereocenters. The summed E-state index contributed by atoms with van der Waals surface area (Å²) in [4.78, 5) is 0. The monoisotopic (exact) mass is 430 g/mol. The van der Waals surface area contributed by atoms with Gasteiger partial charge >= 0.3 is 6.18 Å². The lowest BCUT2D eigenvalue weighted by Gasteiger charge is -2.12. The molecule has 2 aromatic carbocycles. The van der Waals surface area contributed by atoms with Crippen molar-refractivity contribution in [3.63, 3.8) is 0 Å². The average molecular weight is 432 g/mol. The molecule has 0 saturated heterocycles. The van der Waals surface area contributed by atoms with E-state index in [1.807, 2.05) is 0 Å². The minimum Gasteiger partial charge on any atom is -0.450 e. The molecule has 21 heavy (non-hydrogen) atoms. The Morgan fingerprint density at radius 2 is 1.48 bits per heavy atom. The molecule has 0 aliphatic heterocycles. The van der Waals surface area contributed by atoms with Crippen molar-refractivity contribution in [3.8, 4) is 11.5 Å². The highest BCUT2D eigenvalue weighted by atomic mass is 79.9. The zero-order chi connectivity index (χ0) is 15.8. The first-order chi connectivity index (χ1) is 9.68. The van der Waals surface area contributed by atoms with E-state index < -0.39 is 29.1 Å². The molecule has 2 rings (SSSR count). The van der Waals surface area contributed by atoms with Crippen molar-refractivity contribution in [1.82, 2.24) is 0 Å². The van der Waals surface area contributed by atoms with E-state index in [1.54, 1.807) is 12.1 Å². The second-order valence-corrected chi connectivity index (χ2v) is 5.71. The van der Waals surface area contributed by atoms with Crippen molar-refractivity contribution in [2.24, 2.45) is 0 Å². The highest BCUT2D eigenvalue weighted by molar-refractivity contribution is 9.11. The molecule has 0 amide bonds. The van der Waals surface area contributed by atoms with Crippen LogP contribution in [-0.4, -0.2) is 0 Å². The van der Waals surface area contributed by atoms with Crippen molar-refractivity contribution in [2.45, 2.75) is 6.18 Å². The summed E-state index contributed by atoms with van der Waals surface area (Å²) in [7, 11) is 0. The first kappa shape index (κ1) is 16.2. The van der Waals surface area contributed by atoms with Gasteiger partial charge in [-0.3, -0.25) is 0 Å². The van der Waals surface area contributed by atoms with Crippen molar-refractivity contribution >= 4 is 31.9 Å². The molecule has 1 nitrogen and oxygen atoms in total. The normalized spacial score (nSPS) is 11.6. The fraction of sp³-hybridized carbons (Fsp3) is 0.0769. The van der Waals surface area contributed by atoms with Gasteiger partial charge in [0.1, 0.15) is 5.75 Å². The van der Waals surface area contributed by atoms with Crippen LogP contribution in [0.2, 0.25) is 0 Å². The van der Waals surface area contributed by atoms with Crippen LogP contribution in [0, 0.1) is 11.6 Å².